The number of hydrogen-bond acceptors (Lipinski definition) is 5. The number of carboxylic acids is 1. The fraction of sp³-hybridized carbons (Fsp3) is 0.150. The fourth-order valence-corrected chi connectivity index (χ4v) is 2.42. The number of benzene rings is 2. The summed E-state index contributed by atoms with van der Waals surface area (Å²) in [7, 11) is 0. The zero-order chi connectivity index (χ0) is 20.5. The van der Waals surface area contributed by atoms with Gasteiger partial charge in [0.2, 0.25) is 0 Å². The van der Waals surface area contributed by atoms with Gasteiger partial charge in [0.1, 0.15) is 23.1 Å². The first-order valence-corrected chi connectivity index (χ1v) is 8.61. The van der Waals surface area contributed by atoms with Crippen LogP contribution in [0.25, 0.3) is 6.08 Å². The molecule has 28 heavy (non-hydrogen) atoms. The molecule has 0 saturated heterocycles. The Morgan fingerprint density at radius 1 is 1.21 bits per heavy atom. The standard InChI is InChI=1S/C20H17ClN2O5/c1-2-27-16-6-4-15(5-7-16)23-20(26)14(11-22)9-13-3-8-18(17(21)10-13)28-12-19(24)25/h3-10H,2,12H2,1H3,(H,23,26)(H,24,25)/b14-9+. The van der Waals surface area contributed by atoms with Gasteiger partial charge in [0, 0.05) is 5.69 Å². The SMILES string of the molecule is CCOc1ccc(NC(=O)/C(C#N)=C/c2ccc(OCC(=O)O)c(Cl)c2)cc1. The van der Waals surface area contributed by atoms with Crippen molar-refractivity contribution in [3.05, 3.63) is 58.6 Å². The molecule has 0 fully saturated rings. The molecule has 0 bridgehead atoms. The van der Waals surface area contributed by atoms with E-state index in [2.05, 4.69) is 5.32 Å². The van der Waals surface area contributed by atoms with Crippen LogP contribution in [0.4, 0.5) is 5.69 Å². The van der Waals surface area contributed by atoms with E-state index >= 15 is 0 Å². The molecule has 0 aliphatic rings. The van der Waals surface area contributed by atoms with Crippen LogP contribution in [-0.4, -0.2) is 30.2 Å². The van der Waals surface area contributed by atoms with E-state index < -0.39 is 18.5 Å². The Kier molecular flexibility index (Phi) is 7.43. The zero-order valence-electron chi connectivity index (χ0n) is 14.9. The number of hydrogen-bond donors (Lipinski definition) is 2. The molecule has 0 aliphatic heterocycles. The molecule has 0 aromatic heterocycles. The van der Waals surface area contributed by atoms with Gasteiger partial charge >= 0.3 is 5.97 Å². The van der Waals surface area contributed by atoms with Gasteiger partial charge in [0.15, 0.2) is 6.61 Å². The number of carbonyl (C=O) groups excluding carboxylic acids is 1. The molecule has 0 aliphatic carbocycles. The van der Waals surface area contributed by atoms with E-state index in [1.165, 1.54) is 18.2 Å². The highest BCUT2D eigenvalue weighted by molar-refractivity contribution is 6.32. The molecular weight excluding hydrogens is 384 g/mol. The van der Waals surface area contributed by atoms with Crippen molar-refractivity contribution in [1.29, 1.82) is 5.26 Å². The second-order valence-electron chi connectivity index (χ2n) is 5.45. The largest absolute Gasteiger partial charge is 0.494 e. The first kappa shape index (κ1) is 20.8. The molecule has 0 heterocycles. The second-order valence-corrected chi connectivity index (χ2v) is 5.86. The highest BCUT2D eigenvalue weighted by Gasteiger charge is 2.11. The van der Waals surface area contributed by atoms with Gasteiger partial charge in [0.25, 0.3) is 5.91 Å². The Bertz CT molecular complexity index is 933. The van der Waals surface area contributed by atoms with Crippen LogP contribution in [-0.2, 0) is 9.59 Å². The van der Waals surface area contributed by atoms with Crippen LogP contribution < -0.4 is 14.8 Å². The van der Waals surface area contributed by atoms with Crippen LogP contribution in [0.1, 0.15) is 12.5 Å². The summed E-state index contributed by atoms with van der Waals surface area (Å²) in [4.78, 5) is 22.9. The molecule has 2 aromatic carbocycles. The van der Waals surface area contributed by atoms with Gasteiger partial charge in [-0.3, -0.25) is 4.79 Å². The number of aliphatic carboxylic acids is 1. The van der Waals surface area contributed by atoms with E-state index in [4.69, 9.17) is 26.2 Å². The fourth-order valence-electron chi connectivity index (χ4n) is 2.18. The van der Waals surface area contributed by atoms with Crippen LogP contribution in [0.3, 0.4) is 0 Å². The van der Waals surface area contributed by atoms with Crippen molar-refractivity contribution in [2.75, 3.05) is 18.5 Å². The molecule has 8 heteroatoms. The monoisotopic (exact) mass is 400 g/mol. The number of carboxylic acid groups (broad SMARTS) is 1. The quantitative estimate of drug-likeness (QED) is 0.516. The number of carbonyl (C=O) groups is 2. The number of nitrogens with zero attached hydrogens (tertiary/aromatic N) is 1. The highest BCUT2D eigenvalue weighted by Crippen LogP contribution is 2.26. The molecule has 7 nitrogen and oxygen atoms in total. The van der Waals surface area contributed by atoms with Crippen molar-refractivity contribution in [3.63, 3.8) is 0 Å². The highest BCUT2D eigenvalue weighted by atomic mass is 35.5. The van der Waals surface area contributed by atoms with Crippen molar-refractivity contribution in [3.8, 4) is 17.6 Å². The first-order chi connectivity index (χ1) is 13.4. The van der Waals surface area contributed by atoms with Gasteiger partial charge in [-0.25, -0.2) is 4.79 Å². The van der Waals surface area contributed by atoms with Gasteiger partial charge in [-0.2, -0.15) is 5.26 Å². The van der Waals surface area contributed by atoms with Gasteiger partial charge < -0.3 is 19.9 Å². The lowest BCUT2D eigenvalue weighted by Crippen LogP contribution is -2.13. The van der Waals surface area contributed by atoms with E-state index in [-0.39, 0.29) is 16.3 Å². The van der Waals surface area contributed by atoms with E-state index in [1.54, 1.807) is 30.3 Å². The van der Waals surface area contributed by atoms with Gasteiger partial charge in [-0.1, -0.05) is 17.7 Å². The average Bonchev–Trinajstić information content (AvgIpc) is 2.67. The molecular formula is C20H17ClN2O5. The van der Waals surface area contributed by atoms with Crippen molar-refractivity contribution in [2.24, 2.45) is 0 Å². The van der Waals surface area contributed by atoms with Crippen LogP contribution in [0, 0.1) is 11.3 Å². The number of halogens is 1. The molecule has 0 spiro atoms. The average molecular weight is 401 g/mol. The third kappa shape index (κ3) is 6.04. The molecule has 2 aromatic rings. The third-order valence-corrected chi connectivity index (χ3v) is 3.70. The summed E-state index contributed by atoms with van der Waals surface area (Å²) in [6.07, 6.45) is 1.37. The van der Waals surface area contributed by atoms with Crippen molar-refractivity contribution in [2.45, 2.75) is 6.92 Å². The Morgan fingerprint density at radius 2 is 1.93 bits per heavy atom. The Hall–Kier alpha value is -3.50. The van der Waals surface area contributed by atoms with E-state index in [1.807, 2.05) is 13.0 Å². The summed E-state index contributed by atoms with van der Waals surface area (Å²) in [6, 6.07) is 13.1. The predicted molar refractivity (Wildman–Crippen MR) is 104 cm³/mol. The second kappa shape index (κ2) is 10.00. The number of ether oxygens (including phenoxy) is 2. The van der Waals surface area contributed by atoms with Crippen LogP contribution in [0.5, 0.6) is 11.5 Å². The van der Waals surface area contributed by atoms with E-state index in [0.717, 1.165) is 0 Å². The van der Waals surface area contributed by atoms with E-state index in [9.17, 15) is 14.9 Å². The number of anilines is 1. The summed E-state index contributed by atoms with van der Waals surface area (Å²) in [5, 5.41) is 20.7. The number of nitrogens with one attached hydrogen (secondary N) is 1. The number of amides is 1. The van der Waals surface area contributed by atoms with Gasteiger partial charge in [-0.15, -0.1) is 0 Å². The summed E-state index contributed by atoms with van der Waals surface area (Å²) in [5.74, 6) is -0.832. The molecule has 0 saturated carbocycles. The minimum Gasteiger partial charge on any atom is -0.494 e. The first-order valence-electron chi connectivity index (χ1n) is 8.23. The van der Waals surface area contributed by atoms with Crippen LogP contribution >= 0.6 is 11.6 Å². The maximum absolute atomic E-state index is 12.3. The van der Waals surface area contributed by atoms with Crippen LogP contribution in [0.2, 0.25) is 5.02 Å². The van der Waals surface area contributed by atoms with Crippen LogP contribution in [0.15, 0.2) is 48.0 Å². The smallest absolute Gasteiger partial charge is 0.341 e. The van der Waals surface area contributed by atoms with Crippen molar-refractivity contribution < 1.29 is 24.2 Å². The lowest BCUT2D eigenvalue weighted by Gasteiger charge is -2.08. The molecule has 2 N–H and O–H groups in total. The number of rotatable bonds is 8. The summed E-state index contributed by atoms with van der Waals surface area (Å²) in [6.45, 7) is 1.88. The molecule has 144 valence electrons. The summed E-state index contributed by atoms with van der Waals surface area (Å²) < 4.78 is 10.4. The lowest BCUT2D eigenvalue weighted by atomic mass is 10.1. The molecule has 2 rings (SSSR count). The topological polar surface area (TPSA) is 109 Å². The minimum atomic E-state index is -1.13. The van der Waals surface area contributed by atoms with Crippen molar-refractivity contribution in [1.82, 2.24) is 0 Å². The molecule has 0 atom stereocenters. The van der Waals surface area contributed by atoms with E-state index in [0.29, 0.717) is 23.6 Å². The van der Waals surface area contributed by atoms with Gasteiger partial charge in [-0.05, 0) is 55.0 Å². The normalized spacial score (nSPS) is 10.7. The number of nitriles is 1. The lowest BCUT2D eigenvalue weighted by molar-refractivity contribution is -0.139. The van der Waals surface area contributed by atoms with Gasteiger partial charge in [0.05, 0.1) is 11.6 Å². The third-order valence-electron chi connectivity index (χ3n) is 3.41. The molecule has 0 radical (unpaired) electrons. The zero-order valence-corrected chi connectivity index (χ0v) is 15.7. The Balaban J connectivity index is 2.11. The minimum absolute atomic E-state index is 0.121. The summed E-state index contributed by atoms with van der Waals surface area (Å²) >= 11 is 6.05. The Morgan fingerprint density at radius 3 is 2.50 bits per heavy atom. The molecule has 1 amide bonds. The maximum Gasteiger partial charge on any atom is 0.341 e. The predicted octanol–water partition coefficient (Wildman–Crippen LogP) is 3.75. The maximum atomic E-state index is 12.3. The van der Waals surface area contributed by atoms with Crippen molar-refractivity contribution >= 4 is 35.2 Å². The summed E-state index contributed by atoms with van der Waals surface area (Å²) in [5.41, 5.74) is 0.889. The molecule has 0 unspecified atom stereocenters. The Labute approximate surface area is 166 Å².